The van der Waals surface area contributed by atoms with Crippen molar-refractivity contribution in [3.63, 3.8) is 0 Å². The lowest BCUT2D eigenvalue weighted by Crippen LogP contribution is -2.70. The quantitative estimate of drug-likeness (QED) is 0.156. The predicted molar refractivity (Wildman–Crippen MR) is 128 cm³/mol. The molecule has 32 heavy (non-hydrogen) atoms. The minimum atomic E-state index is -1.67. The van der Waals surface area contributed by atoms with Gasteiger partial charge in [0, 0.05) is 12.8 Å². The van der Waals surface area contributed by atoms with Crippen LogP contribution in [0.5, 0.6) is 0 Å². The number of carbonyl (C=O) groups is 2. The van der Waals surface area contributed by atoms with Gasteiger partial charge in [0.25, 0.3) is 0 Å². The number of rotatable bonds is 20. The first-order chi connectivity index (χ1) is 14.9. The predicted octanol–water partition coefficient (Wildman–Crippen LogP) is 4.58. The first kappa shape index (κ1) is 30.8. The maximum Gasteiger partial charge on any atom is 0.366 e. The maximum atomic E-state index is 12.4. The summed E-state index contributed by atoms with van der Waals surface area (Å²) in [6.07, 6.45) is 10.8. The molecule has 0 radical (unpaired) electrons. The van der Waals surface area contributed by atoms with Gasteiger partial charge in [0.1, 0.15) is 6.42 Å². The standard InChI is InChI=1S/C25H49NO6/c1-6-7-8-9-10-11-12-13-14-15-16-22(17-20(2)27)26(4,5)25(24(31)32,18-21(3)28)19-23(29)30/h20-22,27-28H,6-19H2,1-5H3,(H-,29,30,31,32)/p+1. The van der Waals surface area contributed by atoms with Crippen LogP contribution < -0.4 is 0 Å². The lowest BCUT2D eigenvalue weighted by molar-refractivity contribution is -0.956. The molecule has 4 unspecified atom stereocenters. The zero-order valence-corrected chi connectivity index (χ0v) is 21.2. The summed E-state index contributed by atoms with van der Waals surface area (Å²) in [4.78, 5) is 24.1. The van der Waals surface area contributed by atoms with Gasteiger partial charge in [-0.2, -0.15) is 0 Å². The molecule has 0 fully saturated rings. The molecule has 0 heterocycles. The van der Waals surface area contributed by atoms with E-state index in [1.807, 2.05) is 0 Å². The fourth-order valence-electron chi connectivity index (χ4n) is 4.97. The van der Waals surface area contributed by atoms with Crippen LogP contribution in [0.4, 0.5) is 0 Å². The molecular weight excluding hydrogens is 410 g/mol. The van der Waals surface area contributed by atoms with E-state index in [4.69, 9.17) is 0 Å². The van der Waals surface area contributed by atoms with Crippen LogP contribution in [0.25, 0.3) is 0 Å². The molecule has 0 aromatic carbocycles. The Morgan fingerprint density at radius 2 is 1.28 bits per heavy atom. The number of nitrogens with zero attached hydrogens (tertiary/aromatic N) is 1. The molecule has 0 spiro atoms. The number of aliphatic hydroxyl groups is 2. The van der Waals surface area contributed by atoms with Gasteiger partial charge < -0.3 is 24.9 Å². The number of carboxylic acids is 2. The Balaban J connectivity index is 5.15. The summed E-state index contributed by atoms with van der Waals surface area (Å²) in [5.74, 6) is -2.42. The molecule has 0 aromatic heterocycles. The summed E-state index contributed by atoms with van der Waals surface area (Å²) >= 11 is 0. The van der Waals surface area contributed by atoms with Crippen LogP contribution in [-0.2, 0) is 9.59 Å². The second-order valence-corrected chi connectivity index (χ2v) is 10.2. The molecule has 4 N–H and O–H groups in total. The van der Waals surface area contributed by atoms with E-state index in [0.29, 0.717) is 12.8 Å². The van der Waals surface area contributed by atoms with Gasteiger partial charge in [-0.05, 0) is 26.7 Å². The van der Waals surface area contributed by atoms with Crippen molar-refractivity contribution in [1.82, 2.24) is 0 Å². The van der Waals surface area contributed by atoms with Crippen LogP contribution in [0.1, 0.15) is 111 Å². The molecule has 0 aliphatic carbocycles. The monoisotopic (exact) mass is 460 g/mol. The maximum absolute atomic E-state index is 12.4. The van der Waals surface area contributed by atoms with Gasteiger partial charge >= 0.3 is 11.9 Å². The number of hydrogen-bond donors (Lipinski definition) is 4. The average Bonchev–Trinajstić information content (AvgIpc) is 2.66. The van der Waals surface area contributed by atoms with E-state index in [-0.39, 0.29) is 16.9 Å². The summed E-state index contributed by atoms with van der Waals surface area (Å²) in [6, 6.07) is -0.224. The largest absolute Gasteiger partial charge is 0.481 e. The Kier molecular flexibility index (Phi) is 15.0. The zero-order chi connectivity index (χ0) is 24.8. The van der Waals surface area contributed by atoms with Gasteiger partial charge in [-0.1, -0.05) is 64.7 Å². The van der Waals surface area contributed by atoms with Crippen LogP contribution >= 0.6 is 0 Å². The molecule has 0 aliphatic heterocycles. The fourth-order valence-corrected chi connectivity index (χ4v) is 4.97. The highest BCUT2D eigenvalue weighted by molar-refractivity contribution is 5.84. The van der Waals surface area contributed by atoms with Gasteiger partial charge in [0.15, 0.2) is 0 Å². The molecular formula is C25H50NO6+. The first-order valence-corrected chi connectivity index (χ1v) is 12.6. The normalized spacial score (nSPS) is 16.8. The Morgan fingerprint density at radius 1 is 0.812 bits per heavy atom. The van der Waals surface area contributed by atoms with Crippen molar-refractivity contribution in [3.05, 3.63) is 0 Å². The second-order valence-electron chi connectivity index (χ2n) is 10.2. The van der Waals surface area contributed by atoms with Crippen LogP contribution in [-0.4, -0.2) is 74.7 Å². The minimum absolute atomic E-state index is 0.0815. The molecule has 0 bridgehead atoms. The van der Waals surface area contributed by atoms with E-state index >= 15 is 0 Å². The summed E-state index contributed by atoms with van der Waals surface area (Å²) in [7, 11) is 3.48. The number of hydrogen-bond acceptors (Lipinski definition) is 4. The lowest BCUT2D eigenvalue weighted by Gasteiger charge is -2.50. The van der Waals surface area contributed by atoms with Gasteiger partial charge in [-0.15, -0.1) is 0 Å². The summed E-state index contributed by atoms with van der Waals surface area (Å²) in [6.45, 7) is 5.39. The van der Waals surface area contributed by atoms with Gasteiger partial charge in [-0.25, -0.2) is 4.79 Å². The number of likely N-dealkylation sites (N-methyl/N-ethyl adjacent to an activating group) is 1. The molecule has 0 aromatic rings. The Bertz CT molecular complexity index is 535. The second kappa shape index (κ2) is 15.6. The molecule has 4 atom stereocenters. The third-order valence-electron chi connectivity index (χ3n) is 7.00. The van der Waals surface area contributed by atoms with Crippen molar-refractivity contribution >= 4 is 11.9 Å². The molecule has 0 amide bonds. The number of aliphatic hydroxyl groups excluding tert-OH is 2. The van der Waals surface area contributed by atoms with E-state index in [2.05, 4.69) is 6.92 Å². The molecule has 0 saturated carbocycles. The van der Waals surface area contributed by atoms with Crippen molar-refractivity contribution in [3.8, 4) is 0 Å². The van der Waals surface area contributed by atoms with Crippen molar-refractivity contribution in [1.29, 1.82) is 0 Å². The van der Waals surface area contributed by atoms with Gasteiger partial charge in [0.05, 0.1) is 32.3 Å². The number of unbranched alkanes of at least 4 members (excludes halogenated alkanes) is 9. The number of quaternary nitrogens is 1. The lowest BCUT2D eigenvalue weighted by atomic mass is 9.81. The van der Waals surface area contributed by atoms with Crippen molar-refractivity contribution in [2.45, 2.75) is 134 Å². The Morgan fingerprint density at radius 3 is 1.66 bits per heavy atom. The van der Waals surface area contributed by atoms with Crippen molar-refractivity contribution in [2.75, 3.05) is 14.1 Å². The first-order valence-electron chi connectivity index (χ1n) is 12.6. The third kappa shape index (κ3) is 10.6. The highest BCUT2D eigenvalue weighted by atomic mass is 16.4. The number of carboxylic acid groups (broad SMARTS) is 2. The zero-order valence-electron chi connectivity index (χ0n) is 21.2. The highest BCUT2D eigenvalue weighted by Crippen LogP contribution is 2.37. The van der Waals surface area contributed by atoms with Crippen LogP contribution in [0, 0.1) is 0 Å². The molecule has 0 rings (SSSR count). The smallest absolute Gasteiger partial charge is 0.366 e. The van der Waals surface area contributed by atoms with Gasteiger partial charge in [-0.3, -0.25) is 4.79 Å². The van der Waals surface area contributed by atoms with Gasteiger partial charge in [0.2, 0.25) is 5.54 Å². The van der Waals surface area contributed by atoms with E-state index in [0.717, 1.165) is 19.3 Å². The summed E-state index contributed by atoms with van der Waals surface area (Å²) < 4.78 is -0.0815. The Labute approximate surface area is 195 Å². The summed E-state index contributed by atoms with van der Waals surface area (Å²) in [5.41, 5.74) is -1.67. The fraction of sp³-hybridized carbons (Fsp3) is 0.920. The van der Waals surface area contributed by atoms with E-state index in [9.17, 15) is 30.0 Å². The molecule has 7 heteroatoms. The SMILES string of the molecule is CCCCCCCCCCCCC(CC(C)O)[N+](C)(C)C(CC(=O)O)(CC(C)O)C(=O)O. The third-order valence-corrected chi connectivity index (χ3v) is 7.00. The summed E-state index contributed by atoms with van der Waals surface area (Å²) in [5, 5.41) is 39.7. The van der Waals surface area contributed by atoms with Crippen LogP contribution in [0.2, 0.25) is 0 Å². The topological polar surface area (TPSA) is 115 Å². The van der Waals surface area contributed by atoms with E-state index < -0.39 is 36.1 Å². The number of aliphatic carboxylic acids is 2. The highest BCUT2D eigenvalue weighted by Gasteiger charge is 2.57. The molecule has 0 saturated heterocycles. The Hall–Kier alpha value is -1.18. The average molecular weight is 461 g/mol. The van der Waals surface area contributed by atoms with Crippen molar-refractivity contribution < 1.29 is 34.5 Å². The van der Waals surface area contributed by atoms with Crippen LogP contribution in [0.15, 0.2) is 0 Å². The molecule has 7 nitrogen and oxygen atoms in total. The molecule has 190 valence electrons. The van der Waals surface area contributed by atoms with Crippen molar-refractivity contribution in [2.24, 2.45) is 0 Å². The minimum Gasteiger partial charge on any atom is -0.481 e. The van der Waals surface area contributed by atoms with E-state index in [1.54, 1.807) is 21.0 Å². The van der Waals surface area contributed by atoms with E-state index in [1.165, 1.54) is 51.9 Å². The van der Waals surface area contributed by atoms with Crippen LogP contribution in [0.3, 0.4) is 0 Å². The molecule has 0 aliphatic rings.